The van der Waals surface area contributed by atoms with Gasteiger partial charge in [-0.15, -0.1) is 0 Å². The van der Waals surface area contributed by atoms with Gasteiger partial charge >= 0.3 is 0 Å². The van der Waals surface area contributed by atoms with Crippen LogP contribution in [0.15, 0.2) is 48.5 Å². The number of carbonyl (C=O) groups excluding carboxylic acids is 1. The molecule has 0 saturated heterocycles. The molecule has 0 aliphatic carbocycles. The van der Waals surface area contributed by atoms with Crippen LogP contribution in [0, 0.1) is 5.82 Å². The van der Waals surface area contributed by atoms with Crippen LogP contribution in [0.3, 0.4) is 0 Å². The van der Waals surface area contributed by atoms with Crippen molar-refractivity contribution in [3.63, 3.8) is 0 Å². The topological polar surface area (TPSA) is 63.2 Å². The van der Waals surface area contributed by atoms with E-state index in [0.717, 1.165) is 6.07 Å². The zero-order chi connectivity index (χ0) is 16.2. The van der Waals surface area contributed by atoms with Crippen molar-refractivity contribution in [2.75, 3.05) is 11.1 Å². The third kappa shape index (κ3) is 4.82. The standard InChI is InChI=1S/C15H13ClFNO3S/c16-13-8-12(6-7-14(13)17)18-15(19)10-22(20,21)9-11-4-2-1-3-5-11/h1-8H,9-10H2,(H,18,19). The number of hydrogen-bond donors (Lipinski definition) is 1. The summed E-state index contributed by atoms with van der Waals surface area (Å²) in [7, 11) is -3.59. The first-order valence-corrected chi connectivity index (χ1v) is 8.55. The SMILES string of the molecule is O=C(CS(=O)(=O)Cc1ccccc1)Nc1ccc(F)c(Cl)c1. The molecule has 0 aliphatic rings. The van der Waals surface area contributed by atoms with E-state index in [1.54, 1.807) is 30.3 Å². The lowest BCUT2D eigenvalue weighted by Gasteiger charge is -2.07. The van der Waals surface area contributed by atoms with Gasteiger partial charge in [0, 0.05) is 5.69 Å². The van der Waals surface area contributed by atoms with Gasteiger partial charge < -0.3 is 5.32 Å². The Labute approximate surface area is 132 Å². The van der Waals surface area contributed by atoms with E-state index in [1.165, 1.54) is 12.1 Å². The Kier molecular flexibility index (Phi) is 5.15. The predicted molar refractivity (Wildman–Crippen MR) is 84.0 cm³/mol. The monoisotopic (exact) mass is 341 g/mol. The molecule has 2 aromatic rings. The zero-order valence-electron chi connectivity index (χ0n) is 11.4. The van der Waals surface area contributed by atoms with Crippen molar-refractivity contribution in [2.45, 2.75) is 5.75 Å². The zero-order valence-corrected chi connectivity index (χ0v) is 13.0. The highest BCUT2D eigenvalue weighted by atomic mass is 35.5. The normalized spacial score (nSPS) is 11.2. The number of halogens is 2. The van der Waals surface area contributed by atoms with Gasteiger partial charge in [-0.2, -0.15) is 0 Å². The Bertz CT molecular complexity index is 779. The van der Waals surface area contributed by atoms with Crippen molar-refractivity contribution in [1.29, 1.82) is 0 Å². The number of rotatable bonds is 5. The van der Waals surface area contributed by atoms with Crippen LogP contribution < -0.4 is 5.32 Å². The first-order valence-electron chi connectivity index (χ1n) is 6.35. The van der Waals surface area contributed by atoms with Crippen molar-refractivity contribution in [3.8, 4) is 0 Å². The van der Waals surface area contributed by atoms with Crippen LogP contribution in [0.2, 0.25) is 5.02 Å². The van der Waals surface area contributed by atoms with Gasteiger partial charge in [-0.3, -0.25) is 4.79 Å². The molecule has 0 bridgehead atoms. The fourth-order valence-corrected chi connectivity index (χ4v) is 3.30. The van der Waals surface area contributed by atoms with Crippen molar-refractivity contribution < 1.29 is 17.6 Å². The average Bonchev–Trinajstić information content (AvgIpc) is 2.42. The van der Waals surface area contributed by atoms with Crippen LogP contribution in [-0.2, 0) is 20.4 Å². The van der Waals surface area contributed by atoms with Gasteiger partial charge in [0.1, 0.15) is 11.6 Å². The Morgan fingerprint density at radius 1 is 1.14 bits per heavy atom. The Hall–Kier alpha value is -1.92. The van der Waals surface area contributed by atoms with Gasteiger partial charge in [-0.25, -0.2) is 12.8 Å². The maximum absolute atomic E-state index is 13.0. The molecule has 22 heavy (non-hydrogen) atoms. The Morgan fingerprint density at radius 3 is 2.45 bits per heavy atom. The molecule has 0 aromatic heterocycles. The lowest BCUT2D eigenvalue weighted by molar-refractivity contribution is -0.113. The van der Waals surface area contributed by atoms with Crippen molar-refractivity contribution >= 4 is 33.0 Å². The third-order valence-electron chi connectivity index (χ3n) is 2.78. The molecule has 2 aromatic carbocycles. The number of carbonyl (C=O) groups is 1. The Balaban J connectivity index is 2.00. The van der Waals surface area contributed by atoms with Crippen LogP contribution in [-0.4, -0.2) is 20.1 Å². The molecule has 4 nitrogen and oxygen atoms in total. The Morgan fingerprint density at radius 2 is 1.82 bits per heavy atom. The summed E-state index contributed by atoms with van der Waals surface area (Å²) in [5, 5.41) is 2.23. The van der Waals surface area contributed by atoms with E-state index in [1.807, 2.05) is 0 Å². The first kappa shape index (κ1) is 16.5. The minimum atomic E-state index is -3.59. The number of benzene rings is 2. The summed E-state index contributed by atoms with van der Waals surface area (Å²) in [6.07, 6.45) is 0. The highest BCUT2D eigenvalue weighted by molar-refractivity contribution is 7.91. The highest BCUT2D eigenvalue weighted by Gasteiger charge is 2.17. The van der Waals surface area contributed by atoms with Crippen LogP contribution in [0.5, 0.6) is 0 Å². The average molecular weight is 342 g/mol. The lowest BCUT2D eigenvalue weighted by atomic mass is 10.2. The van der Waals surface area contributed by atoms with E-state index in [9.17, 15) is 17.6 Å². The van der Waals surface area contributed by atoms with Crippen LogP contribution in [0.25, 0.3) is 0 Å². The predicted octanol–water partition coefficient (Wildman–Crippen LogP) is 3.03. The molecule has 7 heteroatoms. The lowest BCUT2D eigenvalue weighted by Crippen LogP contribution is -2.24. The van der Waals surface area contributed by atoms with E-state index in [-0.39, 0.29) is 16.5 Å². The van der Waals surface area contributed by atoms with E-state index < -0.39 is 27.3 Å². The molecule has 0 spiro atoms. The summed E-state index contributed by atoms with van der Waals surface area (Å²) >= 11 is 5.59. The summed E-state index contributed by atoms with van der Waals surface area (Å²) < 4.78 is 37.0. The molecule has 2 rings (SSSR count). The van der Waals surface area contributed by atoms with Crippen molar-refractivity contribution in [1.82, 2.24) is 0 Å². The maximum Gasteiger partial charge on any atom is 0.239 e. The summed E-state index contributed by atoms with van der Waals surface area (Å²) in [4.78, 5) is 11.8. The second-order valence-electron chi connectivity index (χ2n) is 4.69. The van der Waals surface area contributed by atoms with Gasteiger partial charge in [0.2, 0.25) is 5.91 Å². The maximum atomic E-state index is 13.0. The summed E-state index contributed by atoms with van der Waals surface area (Å²) in [5.74, 6) is -2.18. The van der Waals surface area contributed by atoms with E-state index in [0.29, 0.717) is 5.56 Å². The number of amides is 1. The summed E-state index contributed by atoms with van der Waals surface area (Å²) in [6.45, 7) is 0. The van der Waals surface area contributed by atoms with E-state index in [4.69, 9.17) is 11.6 Å². The number of nitrogens with one attached hydrogen (secondary N) is 1. The molecule has 116 valence electrons. The van der Waals surface area contributed by atoms with Crippen molar-refractivity contribution in [3.05, 3.63) is 64.9 Å². The van der Waals surface area contributed by atoms with Crippen LogP contribution >= 0.6 is 11.6 Å². The summed E-state index contributed by atoms with van der Waals surface area (Å²) in [6, 6.07) is 12.2. The molecule has 0 heterocycles. The van der Waals surface area contributed by atoms with E-state index in [2.05, 4.69) is 5.32 Å². The minimum Gasteiger partial charge on any atom is -0.325 e. The molecular weight excluding hydrogens is 329 g/mol. The molecule has 0 aliphatic heterocycles. The van der Waals surface area contributed by atoms with Gasteiger partial charge in [-0.1, -0.05) is 41.9 Å². The summed E-state index contributed by atoms with van der Waals surface area (Å²) in [5.41, 5.74) is 0.853. The molecule has 0 radical (unpaired) electrons. The second-order valence-corrected chi connectivity index (χ2v) is 7.17. The van der Waals surface area contributed by atoms with Crippen LogP contribution in [0.4, 0.5) is 10.1 Å². The number of sulfone groups is 1. The molecule has 1 N–H and O–H groups in total. The minimum absolute atomic E-state index is 0.148. The number of anilines is 1. The van der Waals surface area contributed by atoms with Crippen LogP contribution in [0.1, 0.15) is 5.56 Å². The second kappa shape index (κ2) is 6.89. The van der Waals surface area contributed by atoms with Gasteiger partial charge in [0.15, 0.2) is 9.84 Å². The molecule has 0 fully saturated rings. The molecule has 0 unspecified atom stereocenters. The fraction of sp³-hybridized carbons (Fsp3) is 0.133. The quantitative estimate of drug-likeness (QED) is 0.909. The van der Waals surface area contributed by atoms with Gasteiger partial charge in [0.25, 0.3) is 0 Å². The van der Waals surface area contributed by atoms with E-state index >= 15 is 0 Å². The molecule has 0 saturated carbocycles. The highest BCUT2D eigenvalue weighted by Crippen LogP contribution is 2.19. The van der Waals surface area contributed by atoms with Gasteiger partial charge in [0.05, 0.1) is 10.8 Å². The molecule has 0 atom stereocenters. The largest absolute Gasteiger partial charge is 0.325 e. The fourth-order valence-electron chi connectivity index (χ4n) is 1.85. The van der Waals surface area contributed by atoms with Crippen molar-refractivity contribution in [2.24, 2.45) is 0 Å². The third-order valence-corrected chi connectivity index (χ3v) is 4.55. The van der Waals surface area contributed by atoms with Gasteiger partial charge in [-0.05, 0) is 23.8 Å². The molecule has 1 amide bonds. The first-order chi connectivity index (χ1) is 10.4. The number of hydrogen-bond acceptors (Lipinski definition) is 3. The smallest absolute Gasteiger partial charge is 0.239 e. The molecular formula is C15H13ClFNO3S.